The number of hydrogen-bond acceptors (Lipinski definition) is 2. The number of nitrogens with one attached hydrogen (secondary N) is 1. The van der Waals surface area contributed by atoms with Crippen molar-refractivity contribution in [3.8, 4) is 0 Å². The fourth-order valence-corrected chi connectivity index (χ4v) is 1.40. The van der Waals surface area contributed by atoms with E-state index in [2.05, 4.69) is 5.32 Å². The van der Waals surface area contributed by atoms with E-state index in [0.717, 1.165) is 18.7 Å². The quantitative estimate of drug-likeness (QED) is 0.755. The molecule has 0 radical (unpaired) electrons. The number of rotatable bonds is 6. The van der Waals surface area contributed by atoms with Crippen LogP contribution in [0, 0.1) is 0 Å². The Balaban J connectivity index is 2.45. The van der Waals surface area contributed by atoms with Crippen LogP contribution in [-0.4, -0.2) is 18.2 Å². The monoisotopic (exact) mass is 225 g/mol. The van der Waals surface area contributed by atoms with Crippen molar-refractivity contribution in [3.63, 3.8) is 0 Å². The molecule has 0 atom stereocenters. The van der Waals surface area contributed by atoms with Crippen molar-refractivity contribution in [1.29, 1.82) is 0 Å². The third-order valence-electron chi connectivity index (χ3n) is 2.14. The van der Waals surface area contributed by atoms with Crippen LogP contribution in [0.15, 0.2) is 24.3 Å². The number of aryl methyl sites for hydroxylation is 1. The Kier molecular flexibility index (Phi) is 5.19. The smallest absolute Gasteiger partial charge is 0.130 e. The van der Waals surface area contributed by atoms with Gasteiger partial charge >= 0.3 is 0 Å². The minimum absolute atomic E-state index is 0.236. The highest BCUT2D eigenvalue weighted by Crippen LogP contribution is 2.10. The summed E-state index contributed by atoms with van der Waals surface area (Å²) in [5.74, 6) is 0.839. The highest BCUT2D eigenvalue weighted by atomic mass is 35.5. The van der Waals surface area contributed by atoms with Gasteiger partial charge in [-0.3, -0.25) is 0 Å². The zero-order valence-corrected chi connectivity index (χ0v) is 9.68. The number of carbonyl (C=O) groups excluding carboxylic acids is 1. The van der Waals surface area contributed by atoms with Gasteiger partial charge in [0.15, 0.2) is 0 Å². The van der Waals surface area contributed by atoms with Crippen LogP contribution in [0.1, 0.15) is 18.9 Å². The molecule has 0 amide bonds. The average Bonchev–Trinajstić information content (AvgIpc) is 2.25. The van der Waals surface area contributed by atoms with Gasteiger partial charge < -0.3 is 10.1 Å². The fraction of sp³-hybridized carbons (Fsp3) is 0.417. The van der Waals surface area contributed by atoms with Crippen LogP contribution in [0.25, 0.3) is 0 Å². The molecule has 0 fully saturated rings. The molecule has 1 aromatic rings. The fourth-order valence-electron chi connectivity index (χ4n) is 1.30. The van der Waals surface area contributed by atoms with E-state index in [1.165, 1.54) is 5.56 Å². The number of carbonyl (C=O) groups is 1. The van der Waals surface area contributed by atoms with E-state index >= 15 is 0 Å². The molecule has 0 aromatic heterocycles. The predicted octanol–water partition coefficient (Wildman–Crippen LogP) is 2.86. The molecule has 1 N–H and O–H groups in total. The number of benzene rings is 1. The van der Waals surface area contributed by atoms with E-state index in [1.54, 1.807) is 6.92 Å². The van der Waals surface area contributed by atoms with Gasteiger partial charge in [0.05, 0.1) is 0 Å². The van der Waals surface area contributed by atoms with Crippen molar-refractivity contribution in [2.24, 2.45) is 0 Å². The molecule has 0 heterocycles. The van der Waals surface area contributed by atoms with Gasteiger partial charge in [-0.15, -0.1) is 11.6 Å². The summed E-state index contributed by atoms with van der Waals surface area (Å²) in [7, 11) is 0. The molecule has 0 saturated heterocycles. The van der Waals surface area contributed by atoms with Crippen molar-refractivity contribution in [2.75, 3.05) is 17.7 Å². The van der Waals surface area contributed by atoms with Gasteiger partial charge in [-0.25, -0.2) is 0 Å². The molecule has 0 aliphatic carbocycles. The first-order valence-corrected chi connectivity index (χ1v) is 5.64. The third-order valence-corrected chi connectivity index (χ3v) is 2.33. The van der Waals surface area contributed by atoms with Gasteiger partial charge in [0, 0.05) is 24.5 Å². The average molecular weight is 226 g/mol. The molecule has 82 valence electrons. The molecule has 0 saturated carbocycles. The van der Waals surface area contributed by atoms with Crippen LogP contribution >= 0.6 is 11.6 Å². The first-order valence-electron chi connectivity index (χ1n) is 5.10. The summed E-state index contributed by atoms with van der Waals surface area (Å²) in [6, 6.07) is 8.11. The molecular weight excluding hydrogens is 210 g/mol. The lowest BCUT2D eigenvalue weighted by Crippen LogP contribution is -2.02. The van der Waals surface area contributed by atoms with E-state index in [1.807, 2.05) is 24.3 Å². The van der Waals surface area contributed by atoms with E-state index in [-0.39, 0.29) is 5.78 Å². The molecule has 0 aliphatic rings. The minimum atomic E-state index is 0.236. The molecule has 0 spiro atoms. The lowest BCUT2D eigenvalue weighted by atomic mass is 10.1. The Labute approximate surface area is 95.6 Å². The van der Waals surface area contributed by atoms with Crippen LogP contribution < -0.4 is 5.32 Å². The second-order valence-corrected chi connectivity index (χ2v) is 3.89. The third kappa shape index (κ3) is 4.84. The van der Waals surface area contributed by atoms with Crippen molar-refractivity contribution in [3.05, 3.63) is 29.8 Å². The zero-order chi connectivity index (χ0) is 11.1. The second kappa shape index (κ2) is 6.46. The number of Topliss-reactive ketones (excluding diaryl/α,β-unsaturated/α-hetero) is 1. The Morgan fingerprint density at radius 1 is 1.33 bits per heavy atom. The first kappa shape index (κ1) is 12.1. The Morgan fingerprint density at radius 3 is 2.53 bits per heavy atom. The maximum absolute atomic E-state index is 10.8. The van der Waals surface area contributed by atoms with Crippen LogP contribution in [0.5, 0.6) is 0 Å². The zero-order valence-electron chi connectivity index (χ0n) is 8.92. The molecule has 15 heavy (non-hydrogen) atoms. The van der Waals surface area contributed by atoms with Crippen LogP contribution in [-0.2, 0) is 11.2 Å². The topological polar surface area (TPSA) is 29.1 Å². The van der Waals surface area contributed by atoms with E-state index in [4.69, 9.17) is 11.6 Å². The standard InChI is InChI=1S/C12H16ClNO/c1-10(15)2-3-11-4-6-12(7-5-11)14-9-8-13/h4-7,14H,2-3,8-9H2,1H3. The summed E-state index contributed by atoms with van der Waals surface area (Å²) in [6.07, 6.45) is 1.44. The molecule has 1 aromatic carbocycles. The maximum atomic E-state index is 10.8. The van der Waals surface area contributed by atoms with Gasteiger partial charge in [0.25, 0.3) is 0 Å². The van der Waals surface area contributed by atoms with E-state index < -0.39 is 0 Å². The van der Waals surface area contributed by atoms with Gasteiger partial charge in [0.2, 0.25) is 0 Å². The largest absolute Gasteiger partial charge is 0.384 e. The summed E-state index contributed by atoms with van der Waals surface area (Å²) in [5, 5.41) is 3.19. The molecule has 0 bridgehead atoms. The van der Waals surface area contributed by atoms with Crippen LogP contribution in [0.3, 0.4) is 0 Å². The van der Waals surface area contributed by atoms with Gasteiger partial charge in [0.1, 0.15) is 5.78 Å². The molecular formula is C12H16ClNO. The second-order valence-electron chi connectivity index (χ2n) is 3.51. The van der Waals surface area contributed by atoms with Crippen molar-refractivity contribution in [2.45, 2.75) is 19.8 Å². The molecule has 0 aliphatic heterocycles. The van der Waals surface area contributed by atoms with Crippen molar-refractivity contribution < 1.29 is 4.79 Å². The molecule has 3 heteroatoms. The Hall–Kier alpha value is -1.02. The molecule has 1 rings (SSSR count). The highest BCUT2D eigenvalue weighted by Gasteiger charge is 1.97. The summed E-state index contributed by atoms with van der Waals surface area (Å²) >= 11 is 5.57. The summed E-state index contributed by atoms with van der Waals surface area (Å²) in [4.78, 5) is 10.8. The number of hydrogen-bond donors (Lipinski definition) is 1. The van der Waals surface area contributed by atoms with Gasteiger partial charge in [-0.1, -0.05) is 12.1 Å². The number of alkyl halides is 1. The van der Waals surface area contributed by atoms with E-state index in [9.17, 15) is 4.79 Å². The highest BCUT2D eigenvalue weighted by molar-refractivity contribution is 6.18. The summed E-state index contributed by atoms with van der Waals surface area (Å²) < 4.78 is 0. The number of anilines is 1. The van der Waals surface area contributed by atoms with E-state index in [0.29, 0.717) is 12.3 Å². The summed E-state index contributed by atoms with van der Waals surface area (Å²) in [6.45, 7) is 2.39. The lowest BCUT2D eigenvalue weighted by molar-refractivity contribution is -0.116. The van der Waals surface area contributed by atoms with Crippen LogP contribution in [0.2, 0.25) is 0 Å². The number of ketones is 1. The van der Waals surface area contributed by atoms with Crippen molar-refractivity contribution in [1.82, 2.24) is 0 Å². The number of halogens is 1. The molecule has 2 nitrogen and oxygen atoms in total. The predicted molar refractivity (Wildman–Crippen MR) is 64.7 cm³/mol. The SMILES string of the molecule is CC(=O)CCc1ccc(NCCCl)cc1. The molecule has 0 unspecified atom stereocenters. The Bertz CT molecular complexity index is 308. The minimum Gasteiger partial charge on any atom is -0.384 e. The van der Waals surface area contributed by atoms with Crippen molar-refractivity contribution >= 4 is 23.1 Å². The first-order chi connectivity index (χ1) is 7.22. The maximum Gasteiger partial charge on any atom is 0.130 e. The summed E-state index contributed by atoms with van der Waals surface area (Å²) in [5.41, 5.74) is 2.27. The van der Waals surface area contributed by atoms with Gasteiger partial charge in [-0.2, -0.15) is 0 Å². The lowest BCUT2D eigenvalue weighted by Gasteiger charge is -2.05. The van der Waals surface area contributed by atoms with Gasteiger partial charge in [-0.05, 0) is 31.0 Å². The van der Waals surface area contributed by atoms with Crippen LogP contribution in [0.4, 0.5) is 5.69 Å². The Morgan fingerprint density at radius 2 is 2.00 bits per heavy atom. The normalized spacial score (nSPS) is 10.0.